The number of halogens is 1. The van der Waals surface area contributed by atoms with Crippen molar-refractivity contribution in [1.82, 2.24) is 10.6 Å². The Bertz CT molecular complexity index is 390. The molecule has 126 valence electrons. The van der Waals surface area contributed by atoms with Gasteiger partial charge in [0.15, 0.2) is 5.96 Å². The first kappa shape index (κ1) is 21.5. The molecule has 6 heteroatoms. The number of nitrogens with one attached hydrogen (secondary N) is 2. The van der Waals surface area contributed by atoms with E-state index in [9.17, 15) is 0 Å². The van der Waals surface area contributed by atoms with Crippen molar-refractivity contribution in [2.45, 2.75) is 24.7 Å². The van der Waals surface area contributed by atoms with Crippen LogP contribution in [-0.4, -0.2) is 45.1 Å². The summed E-state index contributed by atoms with van der Waals surface area (Å²) in [5.41, 5.74) is 0. The summed E-state index contributed by atoms with van der Waals surface area (Å²) in [4.78, 5) is 5.91. The molecule has 0 amide bonds. The van der Waals surface area contributed by atoms with Crippen molar-refractivity contribution in [2.24, 2.45) is 4.99 Å². The molecule has 4 nitrogen and oxygen atoms in total. The van der Waals surface area contributed by atoms with E-state index >= 15 is 0 Å². The first-order valence-electron chi connectivity index (χ1n) is 7.55. The third-order valence-corrected chi connectivity index (χ3v) is 3.84. The normalized spacial score (nSPS) is 10.9. The number of benzene rings is 1. The van der Waals surface area contributed by atoms with Gasteiger partial charge < -0.3 is 15.4 Å². The van der Waals surface area contributed by atoms with E-state index in [1.807, 2.05) is 17.8 Å². The van der Waals surface area contributed by atoms with Crippen LogP contribution in [0, 0.1) is 0 Å². The molecular weight excluding hydrogens is 409 g/mol. The number of aliphatic imine (C=N–C) groups is 1. The van der Waals surface area contributed by atoms with E-state index in [0.29, 0.717) is 0 Å². The second kappa shape index (κ2) is 15.4. The van der Waals surface area contributed by atoms with Crippen LogP contribution in [0.4, 0.5) is 0 Å². The monoisotopic (exact) mass is 437 g/mol. The lowest BCUT2D eigenvalue weighted by Crippen LogP contribution is -2.38. The van der Waals surface area contributed by atoms with E-state index in [0.717, 1.165) is 50.8 Å². The molecule has 22 heavy (non-hydrogen) atoms. The highest BCUT2D eigenvalue weighted by atomic mass is 127. The minimum Gasteiger partial charge on any atom is -0.385 e. The number of hydrogen-bond donors (Lipinski definition) is 2. The Hall–Kier alpha value is -0.470. The number of nitrogens with zero attached hydrogens (tertiary/aromatic N) is 1. The Morgan fingerprint density at radius 2 is 1.95 bits per heavy atom. The van der Waals surface area contributed by atoms with Crippen molar-refractivity contribution in [3.8, 4) is 0 Å². The number of methoxy groups -OCH3 is 1. The fourth-order valence-electron chi connectivity index (χ4n) is 1.73. The maximum atomic E-state index is 5.04. The summed E-state index contributed by atoms with van der Waals surface area (Å²) in [5.74, 6) is 2.00. The van der Waals surface area contributed by atoms with E-state index in [1.54, 1.807) is 7.11 Å². The van der Waals surface area contributed by atoms with Crippen LogP contribution in [0.15, 0.2) is 40.2 Å². The quantitative estimate of drug-likeness (QED) is 0.194. The van der Waals surface area contributed by atoms with Crippen molar-refractivity contribution in [3.63, 3.8) is 0 Å². The molecule has 0 saturated heterocycles. The van der Waals surface area contributed by atoms with Gasteiger partial charge in [0.2, 0.25) is 0 Å². The molecule has 0 unspecified atom stereocenters. The lowest BCUT2D eigenvalue weighted by atomic mass is 10.4. The highest BCUT2D eigenvalue weighted by Crippen LogP contribution is 2.17. The summed E-state index contributed by atoms with van der Waals surface area (Å²) in [6, 6.07) is 10.5. The molecule has 0 bridgehead atoms. The Kier molecular flexibility index (Phi) is 15.1. The van der Waals surface area contributed by atoms with E-state index in [4.69, 9.17) is 4.74 Å². The zero-order valence-corrected chi connectivity index (χ0v) is 16.7. The fraction of sp³-hybridized carbons (Fsp3) is 0.562. The predicted octanol–water partition coefficient (Wildman–Crippen LogP) is 3.38. The van der Waals surface area contributed by atoms with Gasteiger partial charge in [-0.2, -0.15) is 0 Å². The zero-order valence-electron chi connectivity index (χ0n) is 13.5. The SMILES string of the molecule is CCNC(=NCCCSc1ccccc1)NCCCOC.I. The highest BCUT2D eigenvalue weighted by molar-refractivity contribution is 14.0. The van der Waals surface area contributed by atoms with E-state index < -0.39 is 0 Å². The maximum absolute atomic E-state index is 5.04. The van der Waals surface area contributed by atoms with Crippen LogP contribution in [0.3, 0.4) is 0 Å². The molecule has 2 N–H and O–H groups in total. The van der Waals surface area contributed by atoms with Crippen LogP contribution in [-0.2, 0) is 4.74 Å². The summed E-state index contributed by atoms with van der Waals surface area (Å²) in [6.07, 6.45) is 2.07. The van der Waals surface area contributed by atoms with Crippen molar-refractivity contribution >= 4 is 41.7 Å². The minimum atomic E-state index is 0. The molecule has 0 atom stereocenters. The molecule has 0 saturated carbocycles. The van der Waals surface area contributed by atoms with Crippen LogP contribution in [0.25, 0.3) is 0 Å². The smallest absolute Gasteiger partial charge is 0.191 e. The molecule has 1 aromatic rings. The number of ether oxygens (including phenoxy) is 1. The molecule has 0 aliphatic rings. The average Bonchev–Trinajstić information content (AvgIpc) is 2.52. The standard InChI is InChI=1S/C16H27N3OS.HI/c1-3-17-16(18-11-7-13-20-2)19-12-8-14-21-15-9-5-4-6-10-15;/h4-6,9-10H,3,7-8,11-14H2,1-2H3,(H2,17,18,19);1H. The summed E-state index contributed by atoms with van der Waals surface area (Å²) in [6.45, 7) is 5.48. The lowest BCUT2D eigenvalue weighted by Gasteiger charge is -2.10. The maximum Gasteiger partial charge on any atom is 0.191 e. The molecule has 0 aromatic heterocycles. The van der Waals surface area contributed by atoms with Crippen molar-refractivity contribution in [2.75, 3.05) is 39.1 Å². The zero-order chi connectivity index (χ0) is 15.2. The summed E-state index contributed by atoms with van der Waals surface area (Å²) in [5, 5.41) is 6.58. The Balaban J connectivity index is 0.00000441. The third-order valence-electron chi connectivity index (χ3n) is 2.75. The molecule has 1 aromatic carbocycles. The van der Waals surface area contributed by atoms with Crippen molar-refractivity contribution in [3.05, 3.63) is 30.3 Å². The van der Waals surface area contributed by atoms with Crippen LogP contribution in [0.5, 0.6) is 0 Å². The second-order valence-corrected chi connectivity index (χ2v) is 5.72. The second-order valence-electron chi connectivity index (χ2n) is 4.55. The van der Waals surface area contributed by atoms with Gasteiger partial charge in [-0.15, -0.1) is 35.7 Å². The third kappa shape index (κ3) is 11.1. The van der Waals surface area contributed by atoms with E-state index in [1.165, 1.54) is 4.90 Å². The average molecular weight is 437 g/mol. The number of guanidine groups is 1. The van der Waals surface area contributed by atoms with E-state index in [-0.39, 0.29) is 24.0 Å². The van der Waals surface area contributed by atoms with Crippen LogP contribution in [0.2, 0.25) is 0 Å². The van der Waals surface area contributed by atoms with Gasteiger partial charge in [-0.05, 0) is 37.7 Å². The Morgan fingerprint density at radius 1 is 1.18 bits per heavy atom. The molecule has 0 fully saturated rings. The highest BCUT2D eigenvalue weighted by Gasteiger charge is 1.97. The van der Waals surface area contributed by atoms with Gasteiger partial charge in [0.25, 0.3) is 0 Å². The Morgan fingerprint density at radius 3 is 2.64 bits per heavy atom. The first-order valence-corrected chi connectivity index (χ1v) is 8.54. The van der Waals surface area contributed by atoms with Crippen LogP contribution in [0.1, 0.15) is 19.8 Å². The van der Waals surface area contributed by atoms with Crippen LogP contribution >= 0.6 is 35.7 Å². The van der Waals surface area contributed by atoms with E-state index in [2.05, 4.69) is 46.8 Å². The first-order chi connectivity index (χ1) is 10.4. The Labute approximate surface area is 155 Å². The molecule has 0 aliphatic carbocycles. The molecule has 1 rings (SSSR count). The van der Waals surface area contributed by atoms with Gasteiger partial charge in [-0.1, -0.05) is 18.2 Å². The van der Waals surface area contributed by atoms with Gasteiger partial charge in [0.05, 0.1) is 0 Å². The largest absolute Gasteiger partial charge is 0.385 e. The predicted molar refractivity (Wildman–Crippen MR) is 108 cm³/mol. The summed E-state index contributed by atoms with van der Waals surface area (Å²) < 4.78 is 5.04. The number of hydrogen-bond acceptors (Lipinski definition) is 3. The van der Waals surface area contributed by atoms with Gasteiger partial charge in [-0.3, -0.25) is 4.99 Å². The molecule has 0 heterocycles. The topological polar surface area (TPSA) is 45.7 Å². The van der Waals surface area contributed by atoms with Gasteiger partial charge >= 0.3 is 0 Å². The molecule has 0 aliphatic heterocycles. The molecule has 0 spiro atoms. The molecular formula is C16H28IN3OS. The molecule has 0 radical (unpaired) electrons. The fourth-order valence-corrected chi connectivity index (χ4v) is 2.59. The minimum absolute atomic E-state index is 0. The van der Waals surface area contributed by atoms with Crippen molar-refractivity contribution < 1.29 is 4.74 Å². The van der Waals surface area contributed by atoms with Gasteiger partial charge in [-0.25, -0.2) is 0 Å². The number of thioether (sulfide) groups is 1. The summed E-state index contributed by atoms with van der Waals surface area (Å²) >= 11 is 1.88. The van der Waals surface area contributed by atoms with Gasteiger partial charge in [0, 0.05) is 38.2 Å². The van der Waals surface area contributed by atoms with Crippen LogP contribution < -0.4 is 10.6 Å². The summed E-state index contributed by atoms with van der Waals surface area (Å²) in [7, 11) is 1.73. The number of rotatable bonds is 10. The van der Waals surface area contributed by atoms with Gasteiger partial charge in [0.1, 0.15) is 0 Å². The lowest BCUT2D eigenvalue weighted by molar-refractivity contribution is 0.195. The van der Waals surface area contributed by atoms with Crippen molar-refractivity contribution in [1.29, 1.82) is 0 Å².